The third-order valence-corrected chi connectivity index (χ3v) is 5.85. The SMILES string of the molecule is O=C(c1cc(Cl)sc1Cl)N1CCN(Cc2cccs2)CC1. The summed E-state index contributed by atoms with van der Waals surface area (Å²) in [6, 6.07) is 5.88. The minimum absolute atomic E-state index is 0.0149. The van der Waals surface area contributed by atoms with Gasteiger partial charge >= 0.3 is 0 Å². The summed E-state index contributed by atoms with van der Waals surface area (Å²) >= 11 is 15.0. The third-order valence-electron chi connectivity index (χ3n) is 3.51. The van der Waals surface area contributed by atoms with Gasteiger partial charge in [-0.3, -0.25) is 9.69 Å². The molecule has 0 radical (unpaired) electrons. The van der Waals surface area contributed by atoms with Crippen molar-refractivity contribution >= 4 is 51.8 Å². The zero-order chi connectivity index (χ0) is 14.8. The molecule has 0 aromatic carbocycles. The third kappa shape index (κ3) is 3.60. The molecule has 1 aliphatic rings. The van der Waals surface area contributed by atoms with Crippen LogP contribution in [0.5, 0.6) is 0 Å². The van der Waals surface area contributed by atoms with E-state index < -0.39 is 0 Å². The predicted octanol–water partition coefficient (Wildman–Crippen LogP) is 4.07. The first kappa shape index (κ1) is 15.3. The van der Waals surface area contributed by atoms with E-state index in [2.05, 4.69) is 22.4 Å². The summed E-state index contributed by atoms with van der Waals surface area (Å²) in [4.78, 5) is 18.0. The summed E-state index contributed by atoms with van der Waals surface area (Å²) in [5.74, 6) is -0.0149. The molecule has 3 rings (SSSR count). The number of carbonyl (C=O) groups is 1. The molecule has 0 saturated carbocycles. The lowest BCUT2D eigenvalue weighted by Crippen LogP contribution is -2.48. The van der Waals surface area contributed by atoms with E-state index in [1.54, 1.807) is 17.4 Å². The van der Waals surface area contributed by atoms with Gasteiger partial charge in [0.1, 0.15) is 4.34 Å². The molecule has 1 aliphatic heterocycles. The Kier molecular flexibility index (Phi) is 4.86. The highest BCUT2D eigenvalue weighted by molar-refractivity contribution is 7.20. The van der Waals surface area contributed by atoms with Crippen LogP contribution in [0.3, 0.4) is 0 Å². The van der Waals surface area contributed by atoms with Gasteiger partial charge in [-0.2, -0.15) is 0 Å². The summed E-state index contributed by atoms with van der Waals surface area (Å²) < 4.78 is 1.03. The number of piperazine rings is 1. The van der Waals surface area contributed by atoms with Crippen molar-refractivity contribution in [3.05, 3.63) is 42.7 Å². The van der Waals surface area contributed by atoms with Crippen molar-refractivity contribution in [1.82, 2.24) is 9.80 Å². The molecule has 3 nitrogen and oxygen atoms in total. The second kappa shape index (κ2) is 6.67. The largest absolute Gasteiger partial charge is 0.336 e. The molecule has 0 unspecified atom stereocenters. The quantitative estimate of drug-likeness (QED) is 0.823. The number of rotatable bonds is 3. The van der Waals surface area contributed by atoms with Gasteiger partial charge in [-0.15, -0.1) is 22.7 Å². The number of carbonyl (C=O) groups excluding carboxylic acids is 1. The van der Waals surface area contributed by atoms with Crippen molar-refractivity contribution in [1.29, 1.82) is 0 Å². The van der Waals surface area contributed by atoms with Crippen molar-refractivity contribution in [3.8, 4) is 0 Å². The summed E-state index contributed by atoms with van der Waals surface area (Å²) in [7, 11) is 0. The molecule has 3 heterocycles. The van der Waals surface area contributed by atoms with Gasteiger partial charge in [0, 0.05) is 37.6 Å². The van der Waals surface area contributed by atoms with Crippen LogP contribution in [0, 0.1) is 0 Å². The predicted molar refractivity (Wildman–Crippen MR) is 89.8 cm³/mol. The first-order valence-corrected chi connectivity index (χ1v) is 9.07. The lowest BCUT2D eigenvalue weighted by molar-refractivity contribution is 0.0630. The first-order valence-electron chi connectivity index (χ1n) is 6.62. The number of amides is 1. The van der Waals surface area contributed by atoms with Crippen molar-refractivity contribution in [3.63, 3.8) is 0 Å². The number of hydrogen-bond acceptors (Lipinski definition) is 4. The molecule has 1 saturated heterocycles. The maximum absolute atomic E-state index is 12.4. The fraction of sp³-hybridized carbons (Fsp3) is 0.357. The lowest BCUT2D eigenvalue weighted by atomic mass is 10.2. The van der Waals surface area contributed by atoms with E-state index >= 15 is 0 Å². The normalized spacial score (nSPS) is 16.4. The molecule has 21 heavy (non-hydrogen) atoms. The van der Waals surface area contributed by atoms with Gasteiger partial charge < -0.3 is 4.90 Å². The average molecular weight is 361 g/mol. The number of hydrogen-bond donors (Lipinski definition) is 0. The first-order chi connectivity index (χ1) is 10.1. The van der Waals surface area contributed by atoms with Crippen LogP contribution in [0.1, 0.15) is 15.2 Å². The van der Waals surface area contributed by atoms with Gasteiger partial charge in [-0.05, 0) is 17.5 Å². The van der Waals surface area contributed by atoms with E-state index in [0.717, 1.165) is 32.7 Å². The standard InChI is InChI=1S/C14H14Cl2N2OS2/c15-12-8-11(13(16)21-12)14(19)18-5-3-17(4-6-18)9-10-2-1-7-20-10/h1-2,7-8H,3-6,9H2. The Hall–Kier alpha value is -0.590. The fourth-order valence-corrected chi connectivity index (χ4v) is 4.58. The zero-order valence-electron chi connectivity index (χ0n) is 11.2. The van der Waals surface area contributed by atoms with Crippen LogP contribution in [0.15, 0.2) is 23.6 Å². The Morgan fingerprint density at radius 3 is 2.57 bits per heavy atom. The maximum Gasteiger partial charge on any atom is 0.256 e. The van der Waals surface area contributed by atoms with Crippen LogP contribution in [-0.4, -0.2) is 41.9 Å². The molecule has 0 atom stereocenters. The summed E-state index contributed by atoms with van der Waals surface area (Å²) in [5, 5.41) is 2.09. The zero-order valence-corrected chi connectivity index (χ0v) is 14.4. The van der Waals surface area contributed by atoms with Crippen LogP contribution in [0.25, 0.3) is 0 Å². The lowest BCUT2D eigenvalue weighted by Gasteiger charge is -2.34. The smallest absolute Gasteiger partial charge is 0.256 e. The van der Waals surface area contributed by atoms with E-state index in [1.165, 1.54) is 16.2 Å². The Morgan fingerprint density at radius 1 is 1.24 bits per heavy atom. The molecule has 0 bridgehead atoms. The molecule has 1 fully saturated rings. The molecule has 0 spiro atoms. The van der Waals surface area contributed by atoms with Crippen molar-refractivity contribution in [2.45, 2.75) is 6.54 Å². The Balaban J connectivity index is 1.58. The molecule has 1 amide bonds. The van der Waals surface area contributed by atoms with Crippen LogP contribution in [-0.2, 0) is 6.54 Å². The molecule has 112 valence electrons. The molecule has 2 aromatic rings. The average Bonchev–Trinajstić information content (AvgIpc) is 3.08. The van der Waals surface area contributed by atoms with E-state index in [4.69, 9.17) is 23.2 Å². The second-order valence-electron chi connectivity index (χ2n) is 4.89. The Morgan fingerprint density at radius 2 is 2.00 bits per heavy atom. The second-order valence-corrected chi connectivity index (χ2v) is 8.20. The van der Waals surface area contributed by atoms with Gasteiger partial charge in [0.05, 0.1) is 9.90 Å². The van der Waals surface area contributed by atoms with Gasteiger partial charge in [0.2, 0.25) is 0 Å². The topological polar surface area (TPSA) is 23.6 Å². The van der Waals surface area contributed by atoms with Crippen LogP contribution in [0.4, 0.5) is 0 Å². The van der Waals surface area contributed by atoms with Crippen LogP contribution < -0.4 is 0 Å². The minimum atomic E-state index is -0.0149. The Bertz CT molecular complexity index is 619. The van der Waals surface area contributed by atoms with E-state index in [0.29, 0.717) is 14.2 Å². The van der Waals surface area contributed by atoms with E-state index in [-0.39, 0.29) is 5.91 Å². The van der Waals surface area contributed by atoms with E-state index in [1.807, 2.05) is 4.90 Å². The van der Waals surface area contributed by atoms with Crippen molar-refractivity contribution in [2.24, 2.45) is 0 Å². The summed E-state index contributed by atoms with van der Waals surface area (Å²) in [6.07, 6.45) is 0. The molecule has 0 aliphatic carbocycles. The molecule has 7 heteroatoms. The fourth-order valence-electron chi connectivity index (χ4n) is 2.39. The number of thiophene rings is 2. The highest BCUT2D eigenvalue weighted by atomic mass is 35.5. The molecule has 0 N–H and O–H groups in total. The highest BCUT2D eigenvalue weighted by Gasteiger charge is 2.24. The van der Waals surface area contributed by atoms with Crippen LogP contribution >= 0.6 is 45.9 Å². The molecular formula is C14H14Cl2N2OS2. The van der Waals surface area contributed by atoms with Crippen LogP contribution in [0.2, 0.25) is 8.67 Å². The molecular weight excluding hydrogens is 347 g/mol. The number of halogens is 2. The summed E-state index contributed by atoms with van der Waals surface area (Å²) in [5.41, 5.74) is 0.526. The highest BCUT2D eigenvalue weighted by Crippen LogP contribution is 2.32. The van der Waals surface area contributed by atoms with Gasteiger partial charge in [-0.1, -0.05) is 29.3 Å². The number of nitrogens with zero attached hydrogens (tertiary/aromatic N) is 2. The monoisotopic (exact) mass is 360 g/mol. The molecule has 2 aromatic heterocycles. The van der Waals surface area contributed by atoms with Gasteiger partial charge in [0.25, 0.3) is 5.91 Å². The Labute approximate surface area is 141 Å². The van der Waals surface area contributed by atoms with Gasteiger partial charge in [0.15, 0.2) is 0 Å². The van der Waals surface area contributed by atoms with E-state index in [9.17, 15) is 4.79 Å². The van der Waals surface area contributed by atoms with Crippen molar-refractivity contribution < 1.29 is 4.79 Å². The maximum atomic E-state index is 12.4. The van der Waals surface area contributed by atoms with Crippen molar-refractivity contribution in [2.75, 3.05) is 26.2 Å². The van der Waals surface area contributed by atoms with Gasteiger partial charge in [-0.25, -0.2) is 0 Å². The minimum Gasteiger partial charge on any atom is -0.336 e. The summed E-state index contributed by atoms with van der Waals surface area (Å²) in [6.45, 7) is 4.20.